The lowest BCUT2D eigenvalue weighted by molar-refractivity contribution is 0.688. The predicted octanol–water partition coefficient (Wildman–Crippen LogP) is 2.86. The molecule has 2 N–H and O–H groups in total. The smallest absolute Gasteiger partial charge is 0.0178 e. The summed E-state index contributed by atoms with van der Waals surface area (Å²) in [5.74, 6) is 0.605. The molecule has 1 atom stereocenters. The van der Waals surface area contributed by atoms with Crippen LogP contribution >= 0.6 is 28.3 Å². The van der Waals surface area contributed by atoms with E-state index in [0.717, 1.165) is 6.54 Å². The summed E-state index contributed by atoms with van der Waals surface area (Å²) < 4.78 is 1.18. The highest BCUT2D eigenvalue weighted by atomic mass is 79.9. The molecular formula is C10H13BrClN. The zero-order valence-electron chi connectivity index (χ0n) is 7.29. The zero-order chi connectivity index (χ0) is 8.55. The molecule has 0 aliphatic heterocycles. The van der Waals surface area contributed by atoms with Crippen LogP contribution in [0.3, 0.4) is 0 Å². The van der Waals surface area contributed by atoms with Gasteiger partial charge < -0.3 is 5.73 Å². The topological polar surface area (TPSA) is 26.0 Å². The molecule has 1 aromatic carbocycles. The van der Waals surface area contributed by atoms with Crippen LogP contribution < -0.4 is 5.73 Å². The van der Waals surface area contributed by atoms with Gasteiger partial charge in [0, 0.05) is 4.47 Å². The van der Waals surface area contributed by atoms with Crippen LogP contribution in [0, 0.1) is 0 Å². The van der Waals surface area contributed by atoms with Crippen LogP contribution in [-0.4, -0.2) is 6.54 Å². The van der Waals surface area contributed by atoms with Gasteiger partial charge in [0.15, 0.2) is 0 Å². The quantitative estimate of drug-likeness (QED) is 0.827. The maximum atomic E-state index is 5.67. The largest absolute Gasteiger partial charge is 0.330 e. The van der Waals surface area contributed by atoms with Crippen molar-refractivity contribution in [2.45, 2.75) is 18.8 Å². The Hall–Kier alpha value is -0.0500. The van der Waals surface area contributed by atoms with Crippen LogP contribution in [0.4, 0.5) is 0 Å². The summed E-state index contributed by atoms with van der Waals surface area (Å²) in [5.41, 5.74) is 8.61. The fourth-order valence-corrected chi connectivity index (χ4v) is 2.33. The molecule has 0 aromatic heterocycles. The van der Waals surface area contributed by atoms with Gasteiger partial charge in [-0.15, -0.1) is 12.4 Å². The Morgan fingerprint density at radius 1 is 1.46 bits per heavy atom. The average Bonchev–Trinajstić information content (AvgIpc) is 2.46. The van der Waals surface area contributed by atoms with Crippen molar-refractivity contribution in [2.24, 2.45) is 5.73 Å². The van der Waals surface area contributed by atoms with Crippen molar-refractivity contribution in [3.63, 3.8) is 0 Å². The van der Waals surface area contributed by atoms with Gasteiger partial charge in [0.1, 0.15) is 0 Å². The molecule has 0 amide bonds. The molecule has 0 fully saturated rings. The van der Waals surface area contributed by atoms with Gasteiger partial charge in [0.25, 0.3) is 0 Å². The lowest BCUT2D eigenvalue weighted by Gasteiger charge is -2.07. The highest BCUT2D eigenvalue weighted by Gasteiger charge is 2.20. The molecule has 0 spiro atoms. The number of hydrogen-bond acceptors (Lipinski definition) is 1. The van der Waals surface area contributed by atoms with Gasteiger partial charge in [-0.05, 0) is 48.6 Å². The second kappa shape index (κ2) is 4.45. The Morgan fingerprint density at radius 3 is 2.92 bits per heavy atom. The fourth-order valence-electron chi connectivity index (χ4n) is 1.92. The SMILES string of the molecule is Cl.NCC1CCc2cc(Br)ccc21. The van der Waals surface area contributed by atoms with E-state index in [0.29, 0.717) is 5.92 Å². The van der Waals surface area contributed by atoms with Crippen LogP contribution in [-0.2, 0) is 6.42 Å². The van der Waals surface area contributed by atoms with E-state index in [1.54, 1.807) is 0 Å². The Labute approximate surface area is 93.2 Å². The Morgan fingerprint density at radius 2 is 2.23 bits per heavy atom. The maximum Gasteiger partial charge on any atom is 0.0178 e. The van der Waals surface area contributed by atoms with E-state index < -0.39 is 0 Å². The normalized spacial score (nSPS) is 19.4. The van der Waals surface area contributed by atoms with Crippen molar-refractivity contribution in [3.05, 3.63) is 33.8 Å². The summed E-state index contributed by atoms with van der Waals surface area (Å²) in [7, 11) is 0. The van der Waals surface area contributed by atoms with E-state index in [1.807, 2.05) is 0 Å². The van der Waals surface area contributed by atoms with E-state index in [4.69, 9.17) is 5.73 Å². The Kier molecular flexibility index (Phi) is 3.77. The molecule has 1 aliphatic rings. The first-order valence-electron chi connectivity index (χ1n) is 4.29. The van der Waals surface area contributed by atoms with Crippen LogP contribution in [0.2, 0.25) is 0 Å². The Balaban J connectivity index is 0.000000845. The number of nitrogens with two attached hydrogens (primary N) is 1. The summed E-state index contributed by atoms with van der Waals surface area (Å²) in [4.78, 5) is 0. The van der Waals surface area contributed by atoms with Gasteiger partial charge in [-0.3, -0.25) is 0 Å². The van der Waals surface area contributed by atoms with E-state index in [2.05, 4.69) is 34.1 Å². The lowest BCUT2D eigenvalue weighted by atomic mass is 10.0. The molecule has 2 rings (SSSR count). The van der Waals surface area contributed by atoms with E-state index >= 15 is 0 Å². The van der Waals surface area contributed by atoms with Gasteiger partial charge in [0.2, 0.25) is 0 Å². The number of aryl methyl sites for hydroxylation is 1. The monoisotopic (exact) mass is 261 g/mol. The molecule has 1 nitrogen and oxygen atoms in total. The molecule has 0 radical (unpaired) electrons. The maximum absolute atomic E-state index is 5.67. The van der Waals surface area contributed by atoms with E-state index in [-0.39, 0.29) is 12.4 Å². The number of benzene rings is 1. The van der Waals surface area contributed by atoms with Crippen LogP contribution in [0.5, 0.6) is 0 Å². The van der Waals surface area contributed by atoms with Gasteiger partial charge in [-0.1, -0.05) is 22.0 Å². The van der Waals surface area contributed by atoms with Gasteiger partial charge in [0.05, 0.1) is 0 Å². The van der Waals surface area contributed by atoms with Gasteiger partial charge in [-0.25, -0.2) is 0 Å². The second-order valence-electron chi connectivity index (χ2n) is 3.31. The minimum atomic E-state index is 0. The second-order valence-corrected chi connectivity index (χ2v) is 4.23. The molecular weight excluding hydrogens is 249 g/mol. The average molecular weight is 263 g/mol. The van der Waals surface area contributed by atoms with Crippen molar-refractivity contribution >= 4 is 28.3 Å². The first-order valence-corrected chi connectivity index (χ1v) is 5.09. The molecule has 0 heterocycles. The molecule has 72 valence electrons. The van der Waals surface area contributed by atoms with Gasteiger partial charge in [-0.2, -0.15) is 0 Å². The third-order valence-electron chi connectivity index (χ3n) is 2.59. The van der Waals surface area contributed by atoms with Crippen molar-refractivity contribution in [1.82, 2.24) is 0 Å². The highest BCUT2D eigenvalue weighted by molar-refractivity contribution is 9.10. The summed E-state index contributed by atoms with van der Waals surface area (Å²) in [5, 5.41) is 0. The fraction of sp³-hybridized carbons (Fsp3) is 0.400. The number of hydrogen-bond donors (Lipinski definition) is 1. The standard InChI is InChI=1S/C10H12BrN.ClH/c11-9-3-4-10-7(5-9)1-2-8(10)6-12;/h3-5,8H,1-2,6,12H2;1H. The minimum Gasteiger partial charge on any atom is -0.330 e. The summed E-state index contributed by atoms with van der Waals surface area (Å²) in [6.07, 6.45) is 2.42. The number of fused-ring (bicyclic) bond motifs is 1. The molecule has 3 heteroatoms. The Bertz CT molecular complexity index is 301. The third kappa shape index (κ3) is 2.06. The zero-order valence-corrected chi connectivity index (χ0v) is 9.70. The van der Waals surface area contributed by atoms with Crippen LogP contribution in [0.15, 0.2) is 22.7 Å². The minimum absolute atomic E-state index is 0. The molecule has 0 saturated carbocycles. The van der Waals surface area contributed by atoms with Crippen molar-refractivity contribution < 1.29 is 0 Å². The highest BCUT2D eigenvalue weighted by Crippen LogP contribution is 2.33. The summed E-state index contributed by atoms with van der Waals surface area (Å²) in [6, 6.07) is 6.52. The third-order valence-corrected chi connectivity index (χ3v) is 3.08. The predicted molar refractivity (Wildman–Crippen MR) is 61.5 cm³/mol. The summed E-state index contributed by atoms with van der Waals surface area (Å²) >= 11 is 3.48. The first kappa shape index (κ1) is 11.0. The molecule has 1 aliphatic carbocycles. The molecule has 1 unspecified atom stereocenters. The first-order chi connectivity index (χ1) is 5.81. The van der Waals surface area contributed by atoms with Crippen molar-refractivity contribution in [3.8, 4) is 0 Å². The molecule has 0 saturated heterocycles. The molecule has 13 heavy (non-hydrogen) atoms. The van der Waals surface area contributed by atoms with Crippen molar-refractivity contribution in [2.75, 3.05) is 6.54 Å². The number of rotatable bonds is 1. The van der Waals surface area contributed by atoms with Gasteiger partial charge >= 0.3 is 0 Å². The lowest BCUT2D eigenvalue weighted by Crippen LogP contribution is -2.08. The molecule has 1 aromatic rings. The summed E-state index contributed by atoms with van der Waals surface area (Å²) in [6.45, 7) is 0.786. The van der Waals surface area contributed by atoms with E-state index in [9.17, 15) is 0 Å². The van der Waals surface area contributed by atoms with Crippen LogP contribution in [0.25, 0.3) is 0 Å². The van der Waals surface area contributed by atoms with Crippen molar-refractivity contribution in [1.29, 1.82) is 0 Å². The van der Waals surface area contributed by atoms with Crippen LogP contribution in [0.1, 0.15) is 23.5 Å². The van der Waals surface area contributed by atoms with E-state index in [1.165, 1.54) is 28.4 Å². The molecule has 0 bridgehead atoms. The number of halogens is 2.